The van der Waals surface area contributed by atoms with Crippen molar-refractivity contribution >= 4 is 0 Å². The van der Waals surface area contributed by atoms with E-state index < -0.39 is 17.5 Å². The summed E-state index contributed by atoms with van der Waals surface area (Å²) < 4.78 is 60.9. The Bertz CT molecular complexity index is 949. The van der Waals surface area contributed by atoms with Crippen LogP contribution in [-0.2, 0) is 11.2 Å². The van der Waals surface area contributed by atoms with Gasteiger partial charge in [0.15, 0.2) is 23.1 Å². The summed E-state index contributed by atoms with van der Waals surface area (Å²) in [4.78, 5) is 0. The van der Waals surface area contributed by atoms with Gasteiger partial charge in [-0.05, 0) is 30.9 Å². The van der Waals surface area contributed by atoms with Gasteiger partial charge >= 0.3 is 0 Å². The van der Waals surface area contributed by atoms with Crippen molar-refractivity contribution < 1.29 is 27.4 Å². The van der Waals surface area contributed by atoms with Gasteiger partial charge in [0, 0.05) is 23.5 Å². The molecule has 0 bridgehead atoms. The first kappa shape index (κ1) is 20.8. The lowest BCUT2D eigenvalue weighted by molar-refractivity contribution is -0.00178. The highest BCUT2D eigenvalue weighted by molar-refractivity contribution is 5.55. The van der Waals surface area contributed by atoms with Gasteiger partial charge in [-0.2, -0.15) is 8.78 Å². The topological polar surface area (TPSA) is 27.7 Å². The van der Waals surface area contributed by atoms with E-state index in [2.05, 4.69) is 13.5 Å². The first-order valence-corrected chi connectivity index (χ1v) is 10.4. The zero-order valence-corrected chi connectivity index (χ0v) is 17.0. The minimum absolute atomic E-state index is 0.0336. The van der Waals surface area contributed by atoms with Crippen molar-refractivity contribution in [1.82, 2.24) is 0 Å². The molecule has 160 valence electrons. The van der Waals surface area contributed by atoms with Crippen molar-refractivity contribution in [2.24, 2.45) is 0 Å². The van der Waals surface area contributed by atoms with E-state index >= 15 is 4.39 Å². The summed E-state index contributed by atoms with van der Waals surface area (Å²) >= 11 is 0. The lowest BCUT2D eigenvalue weighted by Crippen LogP contribution is -2.25. The van der Waals surface area contributed by atoms with Crippen LogP contribution in [0.5, 0.6) is 17.2 Å². The maximum atomic E-state index is 15.3. The molecule has 6 heteroatoms. The molecule has 3 nitrogen and oxygen atoms in total. The highest BCUT2D eigenvalue weighted by Gasteiger charge is 2.31. The van der Waals surface area contributed by atoms with Gasteiger partial charge in [-0.25, -0.2) is 4.39 Å². The van der Waals surface area contributed by atoms with Crippen LogP contribution in [0, 0.1) is 17.5 Å². The number of hydrogen-bond donors (Lipinski definition) is 0. The summed E-state index contributed by atoms with van der Waals surface area (Å²) in [5, 5.41) is 0. The van der Waals surface area contributed by atoms with Gasteiger partial charge in [0.25, 0.3) is 0 Å². The van der Waals surface area contributed by atoms with Crippen molar-refractivity contribution in [3.63, 3.8) is 0 Å². The average Bonchev–Trinajstić information content (AvgIpc) is 2.76. The van der Waals surface area contributed by atoms with Gasteiger partial charge in [-0.3, -0.25) is 0 Å². The number of halogens is 3. The van der Waals surface area contributed by atoms with Crippen molar-refractivity contribution in [1.29, 1.82) is 0 Å². The maximum Gasteiger partial charge on any atom is 0.205 e. The normalized spacial score (nSPS) is 20.1. The van der Waals surface area contributed by atoms with E-state index in [1.807, 2.05) is 0 Å². The summed E-state index contributed by atoms with van der Waals surface area (Å²) in [5.74, 6) is -3.46. The van der Waals surface area contributed by atoms with E-state index in [0.717, 1.165) is 25.7 Å². The number of ether oxygens (including phenoxy) is 3. The van der Waals surface area contributed by atoms with Gasteiger partial charge in [0.1, 0.15) is 6.61 Å². The van der Waals surface area contributed by atoms with Crippen molar-refractivity contribution in [3.05, 3.63) is 65.0 Å². The fourth-order valence-electron chi connectivity index (χ4n) is 4.22. The summed E-state index contributed by atoms with van der Waals surface area (Å²) in [6, 6.07) is 4.95. The SMILES string of the molecule is C=CCOc1cc2c(c(F)c1F)Oc1c(ccc(C3CCC(CCC)OC3)c1F)C2. The summed E-state index contributed by atoms with van der Waals surface area (Å²) in [6.45, 7) is 6.11. The van der Waals surface area contributed by atoms with Crippen molar-refractivity contribution in [2.45, 2.75) is 51.0 Å². The molecule has 0 aliphatic carbocycles. The lowest BCUT2D eigenvalue weighted by atomic mass is 9.88. The lowest BCUT2D eigenvalue weighted by Gasteiger charge is -2.30. The van der Waals surface area contributed by atoms with E-state index in [9.17, 15) is 8.78 Å². The number of hydrogen-bond acceptors (Lipinski definition) is 3. The van der Waals surface area contributed by atoms with E-state index in [0.29, 0.717) is 23.3 Å². The van der Waals surface area contributed by atoms with Crippen LogP contribution in [-0.4, -0.2) is 19.3 Å². The number of benzene rings is 2. The molecule has 2 unspecified atom stereocenters. The summed E-state index contributed by atoms with van der Waals surface area (Å²) in [5.41, 5.74) is 1.50. The monoisotopic (exact) mass is 418 g/mol. The second kappa shape index (κ2) is 8.72. The molecule has 2 atom stereocenters. The molecule has 30 heavy (non-hydrogen) atoms. The highest BCUT2D eigenvalue weighted by Crippen LogP contribution is 2.45. The molecular formula is C24H25F3O3. The molecule has 0 aromatic heterocycles. The van der Waals surface area contributed by atoms with Crippen LogP contribution < -0.4 is 9.47 Å². The molecule has 2 aromatic carbocycles. The molecule has 2 aliphatic rings. The Balaban J connectivity index is 1.60. The summed E-state index contributed by atoms with van der Waals surface area (Å²) in [7, 11) is 0. The molecule has 2 aromatic rings. The molecule has 0 amide bonds. The van der Waals surface area contributed by atoms with Gasteiger partial charge < -0.3 is 14.2 Å². The van der Waals surface area contributed by atoms with Gasteiger partial charge in [-0.15, -0.1) is 0 Å². The zero-order chi connectivity index (χ0) is 21.3. The average molecular weight is 418 g/mol. The van der Waals surface area contributed by atoms with Crippen LogP contribution in [0.15, 0.2) is 30.9 Å². The molecule has 0 spiro atoms. The Kier molecular flexibility index (Phi) is 6.04. The molecular weight excluding hydrogens is 393 g/mol. The van der Waals surface area contributed by atoms with Gasteiger partial charge in [0.05, 0.1) is 12.7 Å². The van der Waals surface area contributed by atoms with Crippen LogP contribution in [0.2, 0.25) is 0 Å². The van der Waals surface area contributed by atoms with Crippen LogP contribution >= 0.6 is 0 Å². The molecule has 1 saturated heterocycles. The number of rotatable bonds is 6. The molecule has 1 fully saturated rings. The smallest absolute Gasteiger partial charge is 0.205 e. The Morgan fingerprint density at radius 2 is 1.90 bits per heavy atom. The third-order valence-corrected chi connectivity index (χ3v) is 5.78. The van der Waals surface area contributed by atoms with E-state index in [1.165, 1.54) is 12.1 Å². The Morgan fingerprint density at radius 1 is 1.10 bits per heavy atom. The quantitative estimate of drug-likeness (QED) is 0.432. The van der Waals surface area contributed by atoms with E-state index in [4.69, 9.17) is 14.2 Å². The maximum absolute atomic E-state index is 15.3. The predicted molar refractivity (Wildman–Crippen MR) is 108 cm³/mol. The Labute approximate surface area is 174 Å². The largest absolute Gasteiger partial charge is 0.486 e. The minimum atomic E-state index is -1.18. The third-order valence-electron chi connectivity index (χ3n) is 5.78. The predicted octanol–water partition coefficient (Wildman–Crippen LogP) is 6.43. The highest BCUT2D eigenvalue weighted by atomic mass is 19.2. The first-order chi connectivity index (χ1) is 14.5. The molecule has 0 saturated carbocycles. The van der Waals surface area contributed by atoms with Gasteiger partial charge in [0.2, 0.25) is 11.6 Å². The Morgan fingerprint density at radius 3 is 2.60 bits per heavy atom. The van der Waals surface area contributed by atoms with Gasteiger partial charge in [-0.1, -0.05) is 38.1 Å². The van der Waals surface area contributed by atoms with E-state index in [1.54, 1.807) is 12.1 Å². The van der Waals surface area contributed by atoms with E-state index in [-0.39, 0.29) is 42.3 Å². The Hall–Kier alpha value is -2.47. The summed E-state index contributed by atoms with van der Waals surface area (Å²) in [6.07, 6.45) is 5.66. The van der Waals surface area contributed by atoms with Crippen LogP contribution in [0.25, 0.3) is 0 Å². The second-order valence-corrected chi connectivity index (χ2v) is 7.84. The van der Waals surface area contributed by atoms with Crippen molar-refractivity contribution in [2.75, 3.05) is 13.2 Å². The molecule has 0 radical (unpaired) electrons. The second-order valence-electron chi connectivity index (χ2n) is 7.84. The molecule has 0 N–H and O–H groups in total. The van der Waals surface area contributed by atoms with Crippen molar-refractivity contribution in [3.8, 4) is 17.2 Å². The molecule has 2 aliphatic heterocycles. The fraction of sp³-hybridized carbons (Fsp3) is 0.417. The first-order valence-electron chi connectivity index (χ1n) is 10.4. The third kappa shape index (κ3) is 3.81. The zero-order valence-electron chi connectivity index (χ0n) is 17.0. The van der Waals surface area contributed by atoms with Crippen LogP contribution in [0.4, 0.5) is 13.2 Å². The fourth-order valence-corrected chi connectivity index (χ4v) is 4.22. The van der Waals surface area contributed by atoms with Crippen LogP contribution in [0.1, 0.15) is 55.2 Å². The molecule has 4 rings (SSSR count). The number of fused-ring (bicyclic) bond motifs is 2. The van der Waals surface area contributed by atoms with Crippen LogP contribution in [0.3, 0.4) is 0 Å². The molecule has 2 heterocycles. The minimum Gasteiger partial charge on any atom is -0.486 e. The standard InChI is InChI=1S/C24H25F3O3/c1-3-5-17-8-6-15(13-29-17)18-9-7-14-11-16-12-19(28-10-4-2)21(26)22(27)24(16)30-23(14)20(18)25/h4,7,9,12,15,17H,2-3,5-6,8,10-11,13H2,1H3.